The van der Waals surface area contributed by atoms with Crippen molar-refractivity contribution in [1.29, 1.82) is 0 Å². The molecule has 156 valence electrons. The highest BCUT2D eigenvalue weighted by Gasteiger charge is 2.45. The van der Waals surface area contributed by atoms with Crippen LogP contribution in [0.2, 0.25) is 0 Å². The Morgan fingerprint density at radius 2 is 1.70 bits per heavy atom. The third-order valence-corrected chi connectivity index (χ3v) is 5.24. The van der Waals surface area contributed by atoms with Crippen molar-refractivity contribution in [2.24, 2.45) is 17.8 Å². The van der Waals surface area contributed by atoms with Crippen LogP contribution in [0.25, 0.3) is 0 Å². The molecule has 2 N–H and O–H groups in total. The Bertz CT molecular complexity index is 525. The molecule has 1 saturated carbocycles. The summed E-state index contributed by atoms with van der Waals surface area (Å²) in [4.78, 5) is 36.3. The van der Waals surface area contributed by atoms with Gasteiger partial charge in [-0.25, -0.2) is 4.79 Å². The summed E-state index contributed by atoms with van der Waals surface area (Å²) in [6.45, 7) is 11.1. The van der Waals surface area contributed by atoms with Crippen molar-refractivity contribution in [1.82, 2.24) is 10.6 Å². The van der Waals surface area contributed by atoms with Gasteiger partial charge in [-0.3, -0.25) is 9.59 Å². The molecule has 27 heavy (non-hydrogen) atoms. The summed E-state index contributed by atoms with van der Waals surface area (Å²) in [6, 6.07) is -0.381. The van der Waals surface area contributed by atoms with Crippen LogP contribution in [0.3, 0.4) is 0 Å². The van der Waals surface area contributed by atoms with Gasteiger partial charge in [-0.15, -0.1) is 0 Å². The molecule has 0 aromatic rings. The monoisotopic (exact) mass is 384 g/mol. The lowest BCUT2D eigenvalue weighted by Crippen LogP contribution is -2.51. The van der Waals surface area contributed by atoms with Crippen LogP contribution in [0.15, 0.2) is 0 Å². The Morgan fingerprint density at radius 1 is 1.11 bits per heavy atom. The summed E-state index contributed by atoms with van der Waals surface area (Å²) in [5.74, 6) is -0.483. The highest BCUT2D eigenvalue weighted by Crippen LogP contribution is 2.38. The van der Waals surface area contributed by atoms with Gasteiger partial charge in [-0.2, -0.15) is 0 Å². The van der Waals surface area contributed by atoms with Crippen molar-refractivity contribution in [3.05, 3.63) is 0 Å². The number of ether oxygens (including phenoxy) is 2. The molecular formula is C20H36N2O5. The van der Waals surface area contributed by atoms with Crippen LogP contribution in [-0.2, 0) is 19.1 Å². The first-order valence-corrected chi connectivity index (χ1v) is 9.86. The Hall–Kier alpha value is -1.79. The van der Waals surface area contributed by atoms with Crippen molar-refractivity contribution >= 4 is 18.0 Å². The predicted molar refractivity (Wildman–Crippen MR) is 103 cm³/mol. The number of hydrogen-bond acceptors (Lipinski definition) is 5. The number of carbonyl (C=O) groups excluding carboxylic acids is 3. The number of rotatable bonds is 7. The fraction of sp³-hybridized carbons (Fsp3) is 0.850. The van der Waals surface area contributed by atoms with Crippen molar-refractivity contribution in [2.45, 2.75) is 84.9 Å². The first-order chi connectivity index (χ1) is 12.5. The highest BCUT2D eigenvalue weighted by molar-refractivity contribution is 5.74. The van der Waals surface area contributed by atoms with E-state index >= 15 is 0 Å². The Morgan fingerprint density at radius 3 is 2.15 bits per heavy atom. The topological polar surface area (TPSA) is 93.7 Å². The molecule has 0 spiro atoms. The molecule has 0 aromatic carbocycles. The summed E-state index contributed by atoms with van der Waals surface area (Å²) in [6.07, 6.45) is 2.34. The molecule has 0 aliphatic heterocycles. The van der Waals surface area contributed by atoms with Crippen LogP contribution in [-0.4, -0.2) is 42.8 Å². The van der Waals surface area contributed by atoms with E-state index in [9.17, 15) is 14.4 Å². The summed E-state index contributed by atoms with van der Waals surface area (Å²) < 4.78 is 10.3. The third-order valence-electron chi connectivity index (χ3n) is 5.24. The maximum atomic E-state index is 12.3. The van der Waals surface area contributed by atoms with E-state index in [-0.39, 0.29) is 41.7 Å². The van der Waals surface area contributed by atoms with Crippen LogP contribution in [0.1, 0.15) is 67.2 Å². The van der Waals surface area contributed by atoms with Crippen LogP contribution < -0.4 is 10.6 Å². The van der Waals surface area contributed by atoms with Crippen molar-refractivity contribution in [3.8, 4) is 0 Å². The zero-order chi connectivity index (χ0) is 20.8. The molecule has 0 heterocycles. The van der Waals surface area contributed by atoms with Crippen LogP contribution in [0.4, 0.5) is 4.79 Å². The molecule has 1 aliphatic rings. The highest BCUT2D eigenvalue weighted by atomic mass is 16.6. The smallest absolute Gasteiger partial charge is 0.407 e. The summed E-state index contributed by atoms with van der Waals surface area (Å²) in [7, 11) is 1.37. The molecule has 0 unspecified atom stereocenters. The van der Waals surface area contributed by atoms with Gasteiger partial charge in [0.1, 0.15) is 5.60 Å². The number of methoxy groups -OCH3 is 1. The van der Waals surface area contributed by atoms with Gasteiger partial charge in [0.25, 0.3) is 0 Å². The van der Waals surface area contributed by atoms with Gasteiger partial charge >= 0.3 is 12.1 Å². The van der Waals surface area contributed by atoms with Gasteiger partial charge in [-0.05, 0) is 39.5 Å². The average Bonchev–Trinajstić information content (AvgIpc) is 2.95. The van der Waals surface area contributed by atoms with Gasteiger partial charge in [0.15, 0.2) is 0 Å². The van der Waals surface area contributed by atoms with Crippen LogP contribution in [0, 0.1) is 17.8 Å². The quantitative estimate of drug-likeness (QED) is 0.658. The van der Waals surface area contributed by atoms with E-state index in [0.717, 1.165) is 12.8 Å². The maximum absolute atomic E-state index is 12.3. The normalized spacial score (nSPS) is 23.6. The fourth-order valence-corrected chi connectivity index (χ4v) is 4.06. The maximum Gasteiger partial charge on any atom is 0.407 e. The van der Waals surface area contributed by atoms with Gasteiger partial charge in [0.2, 0.25) is 5.91 Å². The number of nitrogens with one attached hydrogen (secondary N) is 2. The van der Waals surface area contributed by atoms with Crippen molar-refractivity contribution in [3.63, 3.8) is 0 Å². The van der Waals surface area contributed by atoms with E-state index < -0.39 is 11.7 Å². The van der Waals surface area contributed by atoms with Crippen molar-refractivity contribution in [2.75, 3.05) is 7.11 Å². The zero-order valence-electron chi connectivity index (χ0n) is 17.8. The van der Waals surface area contributed by atoms with Crippen LogP contribution in [0.5, 0.6) is 0 Å². The lowest BCUT2D eigenvalue weighted by Gasteiger charge is -2.35. The second-order valence-electron chi connectivity index (χ2n) is 8.41. The summed E-state index contributed by atoms with van der Waals surface area (Å²) in [5, 5.41) is 6.00. The average molecular weight is 385 g/mol. The zero-order valence-corrected chi connectivity index (χ0v) is 17.8. The largest absolute Gasteiger partial charge is 0.469 e. The lowest BCUT2D eigenvalue weighted by atomic mass is 9.81. The Labute approximate surface area is 162 Å². The molecule has 0 saturated heterocycles. The molecule has 7 heteroatoms. The molecule has 0 radical (unpaired) electrons. The number of carbonyl (C=O) groups is 3. The van der Waals surface area contributed by atoms with Crippen molar-refractivity contribution < 1.29 is 23.9 Å². The minimum Gasteiger partial charge on any atom is -0.469 e. The first kappa shape index (κ1) is 23.2. The molecule has 0 aromatic heterocycles. The SMILES string of the molecule is CCC(CC)[C@H](NC(C)=O)[C@@H]1C[C@@H](C(=O)OC)C[C@H]1NC(=O)OC(C)(C)C. The Balaban J connectivity index is 3.07. The molecule has 4 atom stereocenters. The van der Waals surface area contributed by atoms with E-state index in [0.29, 0.717) is 12.8 Å². The van der Waals surface area contributed by atoms with E-state index in [2.05, 4.69) is 24.5 Å². The Kier molecular flexibility index (Phi) is 8.57. The van der Waals surface area contributed by atoms with E-state index in [1.807, 2.05) is 0 Å². The lowest BCUT2D eigenvalue weighted by molar-refractivity contribution is -0.145. The van der Waals surface area contributed by atoms with Gasteiger partial charge in [0.05, 0.1) is 13.0 Å². The first-order valence-electron chi connectivity index (χ1n) is 9.86. The van der Waals surface area contributed by atoms with E-state index in [4.69, 9.17) is 9.47 Å². The predicted octanol–water partition coefficient (Wildman–Crippen LogP) is 3.02. The molecule has 2 amide bonds. The van der Waals surface area contributed by atoms with E-state index in [1.165, 1.54) is 14.0 Å². The molecule has 0 bridgehead atoms. The standard InChI is InChI=1S/C20H36N2O5/c1-8-13(9-2)17(21-12(3)23)15-10-14(18(24)26-7)11-16(15)22-19(25)27-20(4,5)6/h13-17H,8-11H2,1-7H3,(H,21,23)(H,22,25)/t14-,15-,16-,17+/m1/s1. The third kappa shape index (κ3) is 7.03. The molecule has 1 aliphatic carbocycles. The minimum atomic E-state index is -0.605. The molecule has 7 nitrogen and oxygen atoms in total. The number of amides is 2. The second-order valence-corrected chi connectivity index (χ2v) is 8.41. The van der Waals surface area contributed by atoms with E-state index in [1.54, 1.807) is 20.8 Å². The summed E-state index contributed by atoms with van der Waals surface area (Å²) in [5.41, 5.74) is -0.605. The second kappa shape index (κ2) is 9.95. The molecule has 1 rings (SSSR count). The number of hydrogen-bond donors (Lipinski definition) is 2. The van der Waals surface area contributed by atoms with Gasteiger partial charge in [-0.1, -0.05) is 26.7 Å². The number of alkyl carbamates (subject to hydrolysis) is 1. The van der Waals surface area contributed by atoms with Crippen LogP contribution >= 0.6 is 0 Å². The molecule has 1 fully saturated rings. The minimum absolute atomic E-state index is 0.0598. The summed E-state index contributed by atoms with van der Waals surface area (Å²) >= 11 is 0. The number of esters is 1. The fourth-order valence-electron chi connectivity index (χ4n) is 4.06. The van der Waals surface area contributed by atoms with Gasteiger partial charge < -0.3 is 20.1 Å². The van der Waals surface area contributed by atoms with Gasteiger partial charge in [0, 0.05) is 24.9 Å². The molecular weight excluding hydrogens is 348 g/mol.